The zero-order valence-corrected chi connectivity index (χ0v) is 9.69. The van der Waals surface area contributed by atoms with Crippen LogP contribution in [0.5, 0.6) is 5.75 Å². The molecule has 88 valence electrons. The summed E-state index contributed by atoms with van der Waals surface area (Å²) >= 11 is 0. The molecule has 0 radical (unpaired) electrons. The van der Waals surface area contributed by atoms with Crippen molar-refractivity contribution >= 4 is 5.91 Å². The number of primary amides is 1. The first-order chi connectivity index (χ1) is 7.58. The summed E-state index contributed by atoms with van der Waals surface area (Å²) in [6.07, 6.45) is 1.34. The standard InChI is InChI=1S/C12H18N2O2/c1-3-8-4-5-11(16-2)9(6-8)7-10(13)12(14)15/h4-6,10H,3,7,13H2,1-2H3,(H2,14,15). The predicted molar refractivity (Wildman–Crippen MR) is 63.2 cm³/mol. The molecule has 0 spiro atoms. The molecule has 0 aliphatic rings. The molecule has 0 saturated carbocycles. The predicted octanol–water partition coefficient (Wildman–Crippen LogP) is 0.613. The summed E-state index contributed by atoms with van der Waals surface area (Å²) in [7, 11) is 1.60. The summed E-state index contributed by atoms with van der Waals surface area (Å²) in [6, 6.07) is 5.22. The van der Waals surface area contributed by atoms with E-state index in [-0.39, 0.29) is 0 Å². The minimum Gasteiger partial charge on any atom is -0.496 e. The van der Waals surface area contributed by atoms with Crippen LogP contribution in [0.25, 0.3) is 0 Å². The third-order valence-electron chi connectivity index (χ3n) is 2.56. The molecular formula is C12H18N2O2. The molecule has 1 aromatic rings. The van der Waals surface area contributed by atoms with Crippen molar-refractivity contribution in [3.05, 3.63) is 29.3 Å². The maximum absolute atomic E-state index is 10.9. The number of amides is 1. The van der Waals surface area contributed by atoms with Crippen LogP contribution in [-0.2, 0) is 17.6 Å². The van der Waals surface area contributed by atoms with Gasteiger partial charge in [0.25, 0.3) is 0 Å². The fourth-order valence-electron chi connectivity index (χ4n) is 1.55. The summed E-state index contributed by atoms with van der Waals surface area (Å²) in [6.45, 7) is 2.07. The van der Waals surface area contributed by atoms with Gasteiger partial charge in [-0.25, -0.2) is 0 Å². The quantitative estimate of drug-likeness (QED) is 0.766. The Balaban J connectivity index is 2.95. The molecule has 0 aliphatic heterocycles. The van der Waals surface area contributed by atoms with Crippen LogP contribution < -0.4 is 16.2 Å². The summed E-state index contributed by atoms with van der Waals surface area (Å²) in [5, 5.41) is 0. The molecule has 1 amide bonds. The molecule has 0 aromatic heterocycles. The number of nitrogens with two attached hydrogens (primary N) is 2. The second kappa shape index (κ2) is 5.51. The van der Waals surface area contributed by atoms with Crippen LogP contribution in [0.15, 0.2) is 18.2 Å². The van der Waals surface area contributed by atoms with E-state index in [1.165, 1.54) is 5.56 Å². The number of ether oxygens (including phenoxy) is 1. The number of hydrogen-bond acceptors (Lipinski definition) is 3. The van der Waals surface area contributed by atoms with E-state index in [9.17, 15) is 4.79 Å². The number of benzene rings is 1. The molecule has 0 saturated heterocycles. The van der Waals surface area contributed by atoms with Crippen molar-refractivity contribution in [3.8, 4) is 5.75 Å². The minimum atomic E-state index is -0.666. The van der Waals surface area contributed by atoms with Gasteiger partial charge in [0.05, 0.1) is 13.2 Å². The van der Waals surface area contributed by atoms with Crippen LogP contribution in [0.3, 0.4) is 0 Å². The first-order valence-electron chi connectivity index (χ1n) is 5.29. The average molecular weight is 222 g/mol. The molecule has 4 heteroatoms. The number of hydrogen-bond donors (Lipinski definition) is 2. The number of carbonyl (C=O) groups is 1. The third-order valence-corrected chi connectivity index (χ3v) is 2.56. The van der Waals surface area contributed by atoms with E-state index in [0.717, 1.165) is 17.7 Å². The zero-order valence-electron chi connectivity index (χ0n) is 9.69. The molecule has 0 fully saturated rings. The van der Waals surface area contributed by atoms with Crippen molar-refractivity contribution in [1.29, 1.82) is 0 Å². The van der Waals surface area contributed by atoms with Gasteiger partial charge in [-0.05, 0) is 23.6 Å². The van der Waals surface area contributed by atoms with Crippen LogP contribution in [0.2, 0.25) is 0 Å². The molecule has 4 N–H and O–H groups in total. The monoisotopic (exact) mass is 222 g/mol. The highest BCUT2D eigenvalue weighted by molar-refractivity contribution is 5.80. The molecule has 0 heterocycles. The molecule has 1 atom stereocenters. The molecule has 1 rings (SSSR count). The molecule has 0 aliphatic carbocycles. The SMILES string of the molecule is CCc1ccc(OC)c(CC(N)C(N)=O)c1. The Morgan fingerprint density at radius 3 is 2.69 bits per heavy atom. The molecule has 4 nitrogen and oxygen atoms in total. The van der Waals surface area contributed by atoms with Gasteiger partial charge in [-0.1, -0.05) is 19.1 Å². The van der Waals surface area contributed by atoms with Crippen molar-refractivity contribution in [2.24, 2.45) is 11.5 Å². The lowest BCUT2D eigenvalue weighted by molar-refractivity contribution is -0.119. The largest absolute Gasteiger partial charge is 0.496 e. The topological polar surface area (TPSA) is 78.3 Å². The Kier molecular flexibility index (Phi) is 4.31. The fraction of sp³-hybridized carbons (Fsp3) is 0.417. The van der Waals surface area contributed by atoms with Gasteiger partial charge in [0, 0.05) is 6.42 Å². The molecule has 0 bridgehead atoms. The van der Waals surface area contributed by atoms with Crippen molar-refractivity contribution in [2.75, 3.05) is 7.11 Å². The van der Waals surface area contributed by atoms with Gasteiger partial charge in [0.1, 0.15) is 5.75 Å². The van der Waals surface area contributed by atoms with Crippen LogP contribution in [0.4, 0.5) is 0 Å². The maximum Gasteiger partial charge on any atom is 0.234 e. The summed E-state index contributed by atoms with van der Waals surface area (Å²) in [5.74, 6) is 0.248. The van der Waals surface area contributed by atoms with E-state index in [0.29, 0.717) is 6.42 Å². The van der Waals surface area contributed by atoms with Crippen LogP contribution in [-0.4, -0.2) is 19.1 Å². The normalized spacial score (nSPS) is 12.2. The van der Waals surface area contributed by atoms with Gasteiger partial charge in [-0.3, -0.25) is 4.79 Å². The van der Waals surface area contributed by atoms with Crippen molar-refractivity contribution in [2.45, 2.75) is 25.8 Å². The Morgan fingerprint density at radius 1 is 1.50 bits per heavy atom. The highest BCUT2D eigenvalue weighted by Crippen LogP contribution is 2.21. The van der Waals surface area contributed by atoms with Gasteiger partial charge in [0.2, 0.25) is 5.91 Å². The van der Waals surface area contributed by atoms with Gasteiger partial charge in [-0.2, -0.15) is 0 Å². The summed E-state index contributed by atoms with van der Waals surface area (Å²) in [5.41, 5.74) is 12.9. The Morgan fingerprint density at radius 2 is 2.19 bits per heavy atom. The first-order valence-corrected chi connectivity index (χ1v) is 5.29. The van der Waals surface area contributed by atoms with E-state index >= 15 is 0 Å². The van der Waals surface area contributed by atoms with Gasteiger partial charge in [-0.15, -0.1) is 0 Å². The lowest BCUT2D eigenvalue weighted by Gasteiger charge is -2.12. The molecule has 1 unspecified atom stereocenters. The number of aryl methyl sites for hydroxylation is 1. The molecular weight excluding hydrogens is 204 g/mol. The van der Waals surface area contributed by atoms with E-state index < -0.39 is 11.9 Å². The van der Waals surface area contributed by atoms with Crippen molar-refractivity contribution < 1.29 is 9.53 Å². The van der Waals surface area contributed by atoms with Gasteiger partial charge < -0.3 is 16.2 Å². The van der Waals surface area contributed by atoms with E-state index in [4.69, 9.17) is 16.2 Å². The zero-order chi connectivity index (χ0) is 12.1. The second-order valence-electron chi connectivity index (χ2n) is 3.71. The Bertz CT molecular complexity index is 377. The van der Waals surface area contributed by atoms with Crippen LogP contribution in [0, 0.1) is 0 Å². The lowest BCUT2D eigenvalue weighted by atomic mass is 10.0. The van der Waals surface area contributed by atoms with Gasteiger partial charge in [0.15, 0.2) is 0 Å². The summed E-state index contributed by atoms with van der Waals surface area (Å²) in [4.78, 5) is 10.9. The lowest BCUT2D eigenvalue weighted by Crippen LogP contribution is -2.38. The minimum absolute atomic E-state index is 0.409. The molecule has 1 aromatic carbocycles. The third kappa shape index (κ3) is 2.97. The van der Waals surface area contributed by atoms with Crippen LogP contribution in [0.1, 0.15) is 18.1 Å². The molecule has 16 heavy (non-hydrogen) atoms. The highest BCUT2D eigenvalue weighted by Gasteiger charge is 2.13. The van der Waals surface area contributed by atoms with Crippen molar-refractivity contribution in [3.63, 3.8) is 0 Å². The van der Waals surface area contributed by atoms with E-state index in [1.54, 1.807) is 7.11 Å². The Labute approximate surface area is 95.6 Å². The number of methoxy groups -OCH3 is 1. The first kappa shape index (κ1) is 12.5. The second-order valence-corrected chi connectivity index (χ2v) is 3.71. The smallest absolute Gasteiger partial charge is 0.234 e. The average Bonchev–Trinajstić information content (AvgIpc) is 2.28. The maximum atomic E-state index is 10.9. The Hall–Kier alpha value is -1.55. The number of rotatable bonds is 5. The summed E-state index contributed by atoms with van der Waals surface area (Å²) < 4.78 is 5.22. The number of carbonyl (C=O) groups excluding carboxylic acids is 1. The van der Waals surface area contributed by atoms with E-state index in [1.807, 2.05) is 18.2 Å². The fourth-order valence-corrected chi connectivity index (χ4v) is 1.55. The van der Waals surface area contributed by atoms with E-state index in [2.05, 4.69) is 6.92 Å². The van der Waals surface area contributed by atoms with Crippen LogP contribution >= 0.6 is 0 Å². The highest BCUT2D eigenvalue weighted by atomic mass is 16.5. The van der Waals surface area contributed by atoms with Gasteiger partial charge >= 0.3 is 0 Å². The van der Waals surface area contributed by atoms with Crippen molar-refractivity contribution in [1.82, 2.24) is 0 Å².